The van der Waals surface area contributed by atoms with Crippen LogP contribution in [0.4, 0.5) is 5.82 Å². The zero-order chi connectivity index (χ0) is 16.0. The number of nitrogens with one attached hydrogen (secondary N) is 1. The molecular weight excluding hydrogens is 292 g/mol. The number of hydrogen-bond donors (Lipinski definition) is 1. The predicted octanol–water partition coefficient (Wildman–Crippen LogP) is 4.04. The number of hydrogen-bond acceptors (Lipinski definition) is 5. The Bertz CT molecular complexity index is 593. The van der Waals surface area contributed by atoms with Gasteiger partial charge in [-0.15, -0.1) is 0 Å². The van der Waals surface area contributed by atoms with Crippen molar-refractivity contribution >= 4 is 17.6 Å². The van der Waals surface area contributed by atoms with Crippen LogP contribution in [0.1, 0.15) is 33.4 Å². The van der Waals surface area contributed by atoms with Gasteiger partial charge < -0.3 is 5.32 Å². The van der Waals surface area contributed by atoms with Crippen molar-refractivity contribution in [2.75, 3.05) is 17.6 Å². The molecule has 0 unspecified atom stereocenters. The van der Waals surface area contributed by atoms with Gasteiger partial charge in [-0.05, 0) is 18.6 Å². The summed E-state index contributed by atoms with van der Waals surface area (Å²) in [6.45, 7) is 9.69. The van der Waals surface area contributed by atoms with E-state index in [9.17, 15) is 0 Å². The Labute approximate surface area is 137 Å². The second kappa shape index (κ2) is 7.58. The van der Waals surface area contributed by atoms with Crippen molar-refractivity contribution < 1.29 is 0 Å². The summed E-state index contributed by atoms with van der Waals surface area (Å²) in [6, 6.07) is 7.82. The van der Waals surface area contributed by atoms with Crippen molar-refractivity contribution in [3.63, 3.8) is 0 Å². The Hall–Kier alpha value is -1.62. The van der Waals surface area contributed by atoms with Crippen molar-refractivity contribution in [2.24, 2.45) is 0 Å². The maximum Gasteiger partial charge on any atom is 0.180 e. The highest BCUT2D eigenvalue weighted by atomic mass is 32.2. The van der Waals surface area contributed by atoms with Gasteiger partial charge in [-0.25, -0.2) is 9.97 Å². The molecule has 0 saturated carbocycles. The average molecular weight is 316 g/mol. The van der Waals surface area contributed by atoms with Crippen LogP contribution in [0.2, 0.25) is 0 Å². The van der Waals surface area contributed by atoms with Crippen LogP contribution in [-0.4, -0.2) is 32.0 Å². The van der Waals surface area contributed by atoms with Crippen LogP contribution in [0.3, 0.4) is 0 Å². The molecule has 0 aliphatic rings. The van der Waals surface area contributed by atoms with Crippen LogP contribution in [-0.2, 0) is 6.42 Å². The number of pyridine rings is 1. The number of aryl methyl sites for hydroxylation is 1. The van der Waals surface area contributed by atoms with Crippen LogP contribution in [0, 0.1) is 0 Å². The summed E-state index contributed by atoms with van der Waals surface area (Å²) in [7, 11) is 0. The molecule has 0 aliphatic heterocycles. The van der Waals surface area contributed by atoms with Gasteiger partial charge in [0.25, 0.3) is 0 Å². The first-order chi connectivity index (χ1) is 10.5. The van der Waals surface area contributed by atoms with E-state index in [1.807, 2.05) is 36.0 Å². The fourth-order valence-corrected chi connectivity index (χ4v) is 2.73. The summed E-state index contributed by atoms with van der Waals surface area (Å²) in [5.41, 5.74) is 1.84. The summed E-state index contributed by atoms with van der Waals surface area (Å²) in [5.74, 6) is 2.61. The zero-order valence-corrected chi connectivity index (χ0v) is 14.6. The number of rotatable bonds is 6. The van der Waals surface area contributed by atoms with E-state index in [2.05, 4.69) is 48.0 Å². The maximum atomic E-state index is 4.59. The third kappa shape index (κ3) is 5.30. The summed E-state index contributed by atoms with van der Waals surface area (Å²) in [4.78, 5) is 13.5. The van der Waals surface area contributed by atoms with E-state index in [1.54, 1.807) is 6.20 Å². The molecule has 0 aromatic carbocycles. The Morgan fingerprint density at radius 2 is 2.00 bits per heavy atom. The molecule has 2 aromatic rings. The van der Waals surface area contributed by atoms with Gasteiger partial charge in [-0.3, -0.25) is 4.98 Å². The van der Waals surface area contributed by atoms with E-state index in [4.69, 9.17) is 0 Å². The third-order valence-corrected chi connectivity index (χ3v) is 4.25. The minimum Gasteiger partial charge on any atom is -0.369 e. The minimum absolute atomic E-state index is 0.293. The van der Waals surface area contributed by atoms with Crippen molar-refractivity contribution in [2.45, 2.75) is 38.9 Å². The van der Waals surface area contributed by atoms with Crippen LogP contribution in [0.25, 0.3) is 11.5 Å². The molecule has 2 aromatic heterocycles. The number of nitrogens with zero attached hydrogens (tertiary/aromatic N) is 3. The topological polar surface area (TPSA) is 50.7 Å². The van der Waals surface area contributed by atoms with Crippen LogP contribution < -0.4 is 5.32 Å². The molecule has 2 heterocycles. The van der Waals surface area contributed by atoms with E-state index in [1.165, 1.54) is 0 Å². The first-order valence-electron chi connectivity index (χ1n) is 7.65. The van der Waals surface area contributed by atoms with E-state index in [-0.39, 0.29) is 0 Å². The summed E-state index contributed by atoms with van der Waals surface area (Å²) in [5, 5.41) is 3.40. The summed E-state index contributed by atoms with van der Waals surface area (Å²) >= 11 is 1.95. The smallest absolute Gasteiger partial charge is 0.180 e. The first-order valence-corrected chi connectivity index (χ1v) is 8.63. The molecule has 0 saturated heterocycles. The lowest BCUT2D eigenvalue weighted by Crippen LogP contribution is -2.14. The lowest BCUT2D eigenvalue weighted by atomic mass is 10.3. The van der Waals surface area contributed by atoms with Crippen LogP contribution in [0.5, 0.6) is 0 Å². The van der Waals surface area contributed by atoms with Crippen LogP contribution in [0.15, 0.2) is 30.5 Å². The SMILES string of the molecule is CCc1cc(NCCSC(C)(C)C)nc(-c2ccccn2)n1. The largest absolute Gasteiger partial charge is 0.369 e. The van der Waals surface area contributed by atoms with Crippen molar-refractivity contribution in [3.05, 3.63) is 36.2 Å². The highest BCUT2D eigenvalue weighted by molar-refractivity contribution is 8.00. The Morgan fingerprint density at radius 1 is 1.18 bits per heavy atom. The molecule has 5 heteroatoms. The third-order valence-electron chi connectivity index (χ3n) is 2.98. The first kappa shape index (κ1) is 16.7. The molecule has 0 amide bonds. The normalized spacial score (nSPS) is 11.5. The summed E-state index contributed by atoms with van der Waals surface area (Å²) < 4.78 is 0.293. The molecule has 22 heavy (non-hydrogen) atoms. The lowest BCUT2D eigenvalue weighted by Gasteiger charge is -2.17. The molecule has 0 atom stereocenters. The van der Waals surface area contributed by atoms with Gasteiger partial charge in [0.05, 0.1) is 0 Å². The minimum atomic E-state index is 0.293. The van der Waals surface area contributed by atoms with Gasteiger partial charge in [-0.2, -0.15) is 11.8 Å². The second-order valence-corrected chi connectivity index (χ2v) is 7.95. The Balaban J connectivity index is 2.08. The predicted molar refractivity (Wildman–Crippen MR) is 95.3 cm³/mol. The van der Waals surface area contributed by atoms with Gasteiger partial charge in [0, 0.05) is 35.0 Å². The van der Waals surface area contributed by atoms with E-state index in [0.29, 0.717) is 10.6 Å². The fourth-order valence-electron chi connectivity index (χ4n) is 1.92. The quantitative estimate of drug-likeness (QED) is 0.815. The van der Waals surface area contributed by atoms with Crippen molar-refractivity contribution in [1.82, 2.24) is 15.0 Å². The second-order valence-electron chi connectivity index (χ2n) is 6.02. The van der Waals surface area contributed by atoms with Crippen LogP contribution >= 0.6 is 11.8 Å². The molecule has 4 nitrogen and oxygen atoms in total. The molecule has 0 aliphatic carbocycles. The Kier molecular flexibility index (Phi) is 5.77. The number of anilines is 1. The maximum absolute atomic E-state index is 4.59. The van der Waals surface area contributed by atoms with Gasteiger partial charge in [0.15, 0.2) is 5.82 Å². The highest BCUT2D eigenvalue weighted by Gasteiger charge is 2.10. The molecule has 0 fully saturated rings. The fraction of sp³-hybridized carbons (Fsp3) is 0.471. The molecule has 1 N–H and O–H groups in total. The molecule has 118 valence electrons. The monoisotopic (exact) mass is 316 g/mol. The average Bonchev–Trinajstić information content (AvgIpc) is 2.51. The van der Waals surface area contributed by atoms with E-state index < -0.39 is 0 Å². The van der Waals surface area contributed by atoms with E-state index in [0.717, 1.165) is 35.9 Å². The molecule has 2 rings (SSSR count). The molecular formula is C17H24N4S. The van der Waals surface area contributed by atoms with Gasteiger partial charge in [0.1, 0.15) is 11.5 Å². The standard InChI is InChI=1S/C17H24N4S/c1-5-13-12-15(19-10-11-22-17(2,3)4)21-16(20-13)14-8-6-7-9-18-14/h6-9,12H,5,10-11H2,1-4H3,(H,19,20,21). The molecule has 0 radical (unpaired) electrons. The van der Waals surface area contributed by atoms with Crippen molar-refractivity contribution in [3.8, 4) is 11.5 Å². The zero-order valence-electron chi connectivity index (χ0n) is 13.8. The molecule has 0 spiro atoms. The molecule has 0 bridgehead atoms. The van der Waals surface area contributed by atoms with Gasteiger partial charge in [-0.1, -0.05) is 33.8 Å². The van der Waals surface area contributed by atoms with Crippen molar-refractivity contribution in [1.29, 1.82) is 0 Å². The number of thioether (sulfide) groups is 1. The lowest BCUT2D eigenvalue weighted by molar-refractivity contribution is 0.802. The highest BCUT2D eigenvalue weighted by Crippen LogP contribution is 2.22. The Morgan fingerprint density at radius 3 is 2.64 bits per heavy atom. The number of aromatic nitrogens is 3. The summed E-state index contributed by atoms with van der Waals surface area (Å²) in [6.07, 6.45) is 2.65. The van der Waals surface area contributed by atoms with E-state index >= 15 is 0 Å². The van der Waals surface area contributed by atoms with Gasteiger partial charge >= 0.3 is 0 Å². The van der Waals surface area contributed by atoms with Gasteiger partial charge in [0.2, 0.25) is 0 Å².